The summed E-state index contributed by atoms with van der Waals surface area (Å²) in [4.78, 5) is 28.0. The van der Waals surface area contributed by atoms with Crippen molar-refractivity contribution in [3.63, 3.8) is 0 Å². The molecule has 24 heavy (non-hydrogen) atoms. The summed E-state index contributed by atoms with van der Waals surface area (Å²) in [5.74, 6) is 0.402. The molecule has 1 atom stereocenters. The molecule has 1 aliphatic heterocycles. The van der Waals surface area contributed by atoms with Gasteiger partial charge in [0.25, 0.3) is 5.56 Å². The molecule has 0 aromatic carbocycles. The van der Waals surface area contributed by atoms with Gasteiger partial charge in [0.15, 0.2) is 0 Å². The van der Waals surface area contributed by atoms with Crippen LogP contribution in [0.1, 0.15) is 38.4 Å². The Balaban J connectivity index is 1.63. The zero-order valence-electron chi connectivity index (χ0n) is 14.2. The predicted molar refractivity (Wildman–Crippen MR) is 88.5 cm³/mol. The number of piperidine rings is 1. The molecule has 0 aliphatic carbocycles. The van der Waals surface area contributed by atoms with Crippen LogP contribution < -0.4 is 5.56 Å². The van der Waals surface area contributed by atoms with E-state index in [-0.39, 0.29) is 23.9 Å². The molecular weight excluding hydrogens is 308 g/mol. The van der Waals surface area contributed by atoms with Crippen molar-refractivity contribution >= 4 is 5.91 Å². The second-order valence-corrected chi connectivity index (χ2v) is 6.79. The van der Waals surface area contributed by atoms with Crippen molar-refractivity contribution in [2.75, 3.05) is 13.1 Å². The standard InChI is InChI=1S/C16H24N6O2/c1-12(2)10-21-16(24)9-13(19-21)8-15(23)20-7-3-4-14(11-20)22-17-5-6-18-22/h5-6,9,12,14,19H,3-4,7-8,10-11H2,1-2H3. The molecule has 130 valence electrons. The minimum atomic E-state index is -0.0799. The minimum Gasteiger partial charge on any atom is -0.340 e. The van der Waals surface area contributed by atoms with Gasteiger partial charge in [-0.2, -0.15) is 15.0 Å². The molecule has 3 rings (SSSR count). The number of carbonyl (C=O) groups is 1. The normalized spacial score (nSPS) is 18.3. The number of H-pyrrole nitrogens is 1. The third-order valence-electron chi connectivity index (χ3n) is 4.24. The molecule has 1 aliphatic rings. The third-order valence-corrected chi connectivity index (χ3v) is 4.24. The maximum Gasteiger partial charge on any atom is 0.266 e. The van der Waals surface area contributed by atoms with E-state index in [1.807, 2.05) is 4.90 Å². The first-order chi connectivity index (χ1) is 11.5. The monoisotopic (exact) mass is 332 g/mol. The van der Waals surface area contributed by atoms with Crippen LogP contribution in [0, 0.1) is 5.92 Å². The van der Waals surface area contributed by atoms with Gasteiger partial charge < -0.3 is 4.90 Å². The van der Waals surface area contributed by atoms with Crippen molar-refractivity contribution in [3.05, 3.63) is 34.5 Å². The second kappa shape index (κ2) is 7.02. The summed E-state index contributed by atoms with van der Waals surface area (Å²) >= 11 is 0. The summed E-state index contributed by atoms with van der Waals surface area (Å²) in [5, 5.41) is 11.4. The molecule has 8 heteroatoms. The predicted octanol–water partition coefficient (Wildman–Crippen LogP) is 0.830. The highest BCUT2D eigenvalue weighted by atomic mass is 16.2. The number of amides is 1. The quantitative estimate of drug-likeness (QED) is 0.878. The number of carbonyl (C=O) groups excluding carboxylic acids is 1. The molecule has 2 aromatic rings. The molecule has 0 radical (unpaired) electrons. The number of nitrogens with one attached hydrogen (secondary N) is 1. The van der Waals surface area contributed by atoms with Crippen molar-refractivity contribution in [1.29, 1.82) is 0 Å². The summed E-state index contributed by atoms with van der Waals surface area (Å²) in [6.07, 6.45) is 5.44. The molecule has 1 fully saturated rings. The number of aromatic nitrogens is 5. The van der Waals surface area contributed by atoms with Gasteiger partial charge in [-0.3, -0.25) is 19.4 Å². The second-order valence-electron chi connectivity index (χ2n) is 6.79. The van der Waals surface area contributed by atoms with Gasteiger partial charge in [0, 0.05) is 31.4 Å². The number of likely N-dealkylation sites (tertiary alicyclic amines) is 1. The summed E-state index contributed by atoms with van der Waals surface area (Å²) in [5.41, 5.74) is 0.591. The molecule has 0 bridgehead atoms. The van der Waals surface area contributed by atoms with Crippen LogP contribution in [0.25, 0.3) is 0 Å². The van der Waals surface area contributed by atoms with E-state index >= 15 is 0 Å². The van der Waals surface area contributed by atoms with E-state index < -0.39 is 0 Å². The molecule has 3 heterocycles. The number of aromatic amines is 1. The van der Waals surface area contributed by atoms with E-state index in [1.165, 1.54) is 6.07 Å². The van der Waals surface area contributed by atoms with Crippen molar-refractivity contribution in [2.45, 2.75) is 45.7 Å². The van der Waals surface area contributed by atoms with Crippen LogP contribution in [0.15, 0.2) is 23.3 Å². The first-order valence-corrected chi connectivity index (χ1v) is 8.45. The maximum atomic E-state index is 12.6. The Morgan fingerprint density at radius 3 is 2.83 bits per heavy atom. The lowest BCUT2D eigenvalue weighted by atomic mass is 10.1. The van der Waals surface area contributed by atoms with Gasteiger partial charge in [0.2, 0.25) is 5.91 Å². The molecule has 1 N–H and O–H groups in total. The molecular formula is C16H24N6O2. The third kappa shape index (κ3) is 3.74. The Morgan fingerprint density at radius 2 is 2.12 bits per heavy atom. The molecule has 1 saturated heterocycles. The van der Waals surface area contributed by atoms with E-state index in [0.29, 0.717) is 24.7 Å². The van der Waals surface area contributed by atoms with Gasteiger partial charge in [-0.25, -0.2) is 0 Å². The highest BCUT2D eigenvalue weighted by Gasteiger charge is 2.26. The van der Waals surface area contributed by atoms with Gasteiger partial charge in [-0.15, -0.1) is 0 Å². The fourth-order valence-electron chi connectivity index (χ4n) is 3.14. The van der Waals surface area contributed by atoms with Gasteiger partial charge in [0.05, 0.1) is 24.9 Å². The molecule has 0 spiro atoms. The highest BCUT2D eigenvalue weighted by molar-refractivity contribution is 5.78. The van der Waals surface area contributed by atoms with E-state index in [4.69, 9.17) is 0 Å². The van der Waals surface area contributed by atoms with E-state index in [0.717, 1.165) is 19.4 Å². The van der Waals surface area contributed by atoms with Gasteiger partial charge >= 0.3 is 0 Å². The van der Waals surface area contributed by atoms with Gasteiger partial charge in [-0.1, -0.05) is 13.8 Å². The Morgan fingerprint density at radius 1 is 1.38 bits per heavy atom. The zero-order chi connectivity index (χ0) is 17.1. The Labute approximate surface area is 140 Å². The van der Waals surface area contributed by atoms with Crippen molar-refractivity contribution in [1.82, 2.24) is 29.7 Å². The number of nitrogens with zero attached hydrogens (tertiary/aromatic N) is 5. The van der Waals surface area contributed by atoms with Crippen LogP contribution in [0.3, 0.4) is 0 Å². The summed E-state index contributed by atoms with van der Waals surface area (Å²) in [6.45, 7) is 6.09. The molecule has 0 saturated carbocycles. The van der Waals surface area contributed by atoms with Crippen molar-refractivity contribution < 1.29 is 4.79 Å². The SMILES string of the molecule is CC(C)Cn1[nH]c(CC(=O)N2CCCC(n3nccn3)C2)cc1=O. The zero-order valence-corrected chi connectivity index (χ0v) is 14.2. The molecule has 1 amide bonds. The lowest BCUT2D eigenvalue weighted by Gasteiger charge is -2.32. The number of hydrogen-bond donors (Lipinski definition) is 1. The Hall–Kier alpha value is -2.38. The van der Waals surface area contributed by atoms with Crippen LogP contribution in [0.5, 0.6) is 0 Å². The topological polar surface area (TPSA) is 88.8 Å². The first kappa shape index (κ1) is 16.5. The maximum absolute atomic E-state index is 12.6. The van der Waals surface area contributed by atoms with Crippen LogP contribution >= 0.6 is 0 Å². The average molecular weight is 332 g/mol. The summed E-state index contributed by atoms with van der Waals surface area (Å²) in [6, 6.07) is 1.65. The molecule has 8 nitrogen and oxygen atoms in total. The molecule has 1 unspecified atom stereocenters. The average Bonchev–Trinajstić information content (AvgIpc) is 3.18. The van der Waals surface area contributed by atoms with Crippen molar-refractivity contribution in [2.24, 2.45) is 5.92 Å². The Kier molecular flexibility index (Phi) is 4.82. The van der Waals surface area contributed by atoms with Crippen LogP contribution in [0.2, 0.25) is 0 Å². The largest absolute Gasteiger partial charge is 0.340 e. The first-order valence-electron chi connectivity index (χ1n) is 8.45. The fourth-order valence-corrected chi connectivity index (χ4v) is 3.14. The lowest BCUT2D eigenvalue weighted by molar-refractivity contribution is -0.132. The minimum absolute atomic E-state index is 0.0322. The summed E-state index contributed by atoms with van der Waals surface area (Å²) in [7, 11) is 0. The lowest BCUT2D eigenvalue weighted by Crippen LogP contribution is -2.42. The van der Waals surface area contributed by atoms with Crippen LogP contribution in [-0.4, -0.2) is 48.7 Å². The highest BCUT2D eigenvalue weighted by Crippen LogP contribution is 2.20. The Bertz CT molecular complexity index is 730. The summed E-state index contributed by atoms with van der Waals surface area (Å²) < 4.78 is 1.57. The van der Waals surface area contributed by atoms with Crippen LogP contribution in [0.4, 0.5) is 0 Å². The van der Waals surface area contributed by atoms with Crippen LogP contribution in [-0.2, 0) is 17.8 Å². The van der Waals surface area contributed by atoms with E-state index in [1.54, 1.807) is 21.9 Å². The number of rotatable bonds is 5. The van der Waals surface area contributed by atoms with E-state index in [2.05, 4.69) is 29.1 Å². The van der Waals surface area contributed by atoms with Crippen molar-refractivity contribution in [3.8, 4) is 0 Å². The smallest absolute Gasteiger partial charge is 0.266 e. The van der Waals surface area contributed by atoms with Gasteiger partial charge in [-0.05, 0) is 18.8 Å². The molecule has 2 aromatic heterocycles. The number of hydrogen-bond acceptors (Lipinski definition) is 4. The van der Waals surface area contributed by atoms with E-state index in [9.17, 15) is 9.59 Å². The fraction of sp³-hybridized carbons (Fsp3) is 0.625. The van der Waals surface area contributed by atoms with Gasteiger partial charge in [0.1, 0.15) is 0 Å².